The number of aromatic nitrogens is 1. The Hall–Kier alpha value is -0.870. The van der Waals surface area contributed by atoms with Gasteiger partial charge in [0.2, 0.25) is 0 Å². The Morgan fingerprint density at radius 2 is 2.00 bits per heavy atom. The molecular formula is C5H11N3O. The molecule has 4 N–H and O–H groups in total. The molecule has 1 aromatic rings. The average Bonchev–Trinajstić information content (AvgIpc) is 2.43. The molecule has 0 aromatic carbocycles. The summed E-state index contributed by atoms with van der Waals surface area (Å²) in [6, 6.07) is 0. The molecule has 0 bridgehead atoms. The molecule has 0 spiro atoms. The van der Waals surface area contributed by atoms with Gasteiger partial charge in [0.15, 0.2) is 6.39 Å². The zero-order valence-electron chi connectivity index (χ0n) is 5.16. The average molecular weight is 129 g/mol. The van der Waals surface area contributed by atoms with Crippen LogP contribution in [0, 0.1) is 0 Å². The summed E-state index contributed by atoms with van der Waals surface area (Å²) in [4.78, 5) is 3.56. The first kappa shape index (κ1) is 8.13. The van der Waals surface area contributed by atoms with E-state index in [9.17, 15) is 0 Å². The predicted molar refractivity (Wildman–Crippen MR) is 34.6 cm³/mol. The van der Waals surface area contributed by atoms with Crippen molar-refractivity contribution in [2.75, 3.05) is 13.1 Å². The van der Waals surface area contributed by atoms with E-state index in [2.05, 4.69) is 9.40 Å². The van der Waals surface area contributed by atoms with Gasteiger partial charge in [-0.1, -0.05) is 0 Å². The molecule has 4 heteroatoms. The van der Waals surface area contributed by atoms with E-state index in [1.165, 1.54) is 12.7 Å². The molecule has 0 aliphatic heterocycles. The van der Waals surface area contributed by atoms with Gasteiger partial charge in [0, 0.05) is 13.1 Å². The van der Waals surface area contributed by atoms with Crippen LogP contribution in [0.5, 0.6) is 0 Å². The molecule has 0 fully saturated rings. The van der Waals surface area contributed by atoms with Gasteiger partial charge in [-0.3, -0.25) is 0 Å². The number of nitrogens with zero attached hydrogens (tertiary/aromatic N) is 1. The van der Waals surface area contributed by atoms with E-state index in [4.69, 9.17) is 11.5 Å². The van der Waals surface area contributed by atoms with Crippen LogP contribution in [0.2, 0.25) is 0 Å². The third-order valence-electron chi connectivity index (χ3n) is 0.514. The van der Waals surface area contributed by atoms with E-state index in [0.717, 1.165) is 0 Å². The first-order valence-corrected chi connectivity index (χ1v) is 2.64. The fourth-order valence-electron chi connectivity index (χ4n) is 0.176. The highest BCUT2D eigenvalue weighted by Gasteiger charge is 1.59. The summed E-state index contributed by atoms with van der Waals surface area (Å²) >= 11 is 0. The van der Waals surface area contributed by atoms with E-state index in [1.54, 1.807) is 6.20 Å². The highest BCUT2D eigenvalue weighted by Crippen LogP contribution is 1.72. The summed E-state index contributed by atoms with van der Waals surface area (Å²) in [6.45, 7) is 1.19. The van der Waals surface area contributed by atoms with Crippen molar-refractivity contribution in [1.82, 2.24) is 4.98 Å². The second kappa shape index (κ2) is 7.13. The Labute approximate surface area is 53.9 Å². The topological polar surface area (TPSA) is 78.1 Å². The molecular weight excluding hydrogens is 118 g/mol. The number of nitrogens with two attached hydrogens (primary N) is 2. The standard InChI is InChI=1S/C3H3NO.C2H8N2/c1-2-5-3-4-1;3-1-2-4/h1-3H;1-4H2. The van der Waals surface area contributed by atoms with Gasteiger partial charge in [-0.25, -0.2) is 4.98 Å². The van der Waals surface area contributed by atoms with E-state index in [0.29, 0.717) is 13.1 Å². The number of hydrogen-bond acceptors (Lipinski definition) is 4. The molecule has 1 heterocycles. The van der Waals surface area contributed by atoms with Crippen molar-refractivity contribution in [2.24, 2.45) is 11.5 Å². The van der Waals surface area contributed by atoms with Gasteiger partial charge in [0.25, 0.3) is 0 Å². The van der Waals surface area contributed by atoms with Crippen molar-refractivity contribution < 1.29 is 4.42 Å². The summed E-state index contributed by atoms with van der Waals surface area (Å²) in [5.41, 5.74) is 9.81. The molecule has 0 aliphatic rings. The molecule has 4 nitrogen and oxygen atoms in total. The van der Waals surface area contributed by atoms with Crippen LogP contribution in [0.25, 0.3) is 0 Å². The minimum absolute atomic E-state index is 0.597. The lowest BCUT2D eigenvalue weighted by Gasteiger charge is -1.72. The van der Waals surface area contributed by atoms with Crippen LogP contribution in [-0.2, 0) is 0 Å². The maximum absolute atomic E-state index is 4.90. The number of hydrogen-bond donors (Lipinski definition) is 2. The zero-order chi connectivity index (χ0) is 6.95. The first-order valence-electron chi connectivity index (χ1n) is 2.64. The summed E-state index contributed by atoms with van der Waals surface area (Å²) in [5, 5.41) is 0. The third kappa shape index (κ3) is 7.13. The van der Waals surface area contributed by atoms with E-state index in [1.807, 2.05) is 0 Å². The van der Waals surface area contributed by atoms with Crippen molar-refractivity contribution in [2.45, 2.75) is 0 Å². The van der Waals surface area contributed by atoms with Crippen LogP contribution in [-0.4, -0.2) is 18.1 Å². The van der Waals surface area contributed by atoms with Crippen LogP contribution in [0.1, 0.15) is 0 Å². The van der Waals surface area contributed by atoms with Crippen molar-refractivity contribution in [3.8, 4) is 0 Å². The van der Waals surface area contributed by atoms with Gasteiger partial charge in [-0.2, -0.15) is 0 Å². The Balaban J connectivity index is 0.000000148. The Kier molecular flexibility index (Phi) is 6.44. The van der Waals surface area contributed by atoms with Crippen LogP contribution in [0.3, 0.4) is 0 Å². The second-order valence-corrected chi connectivity index (χ2v) is 1.25. The van der Waals surface area contributed by atoms with Gasteiger partial charge in [-0.05, 0) is 0 Å². The van der Waals surface area contributed by atoms with Crippen LogP contribution in [0.15, 0.2) is 23.3 Å². The Morgan fingerprint density at radius 3 is 2.11 bits per heavy atom. The normalized spacial score (nSPS) is 7.78. The Bertz CT molecular complexity index is 87.7. The molecule has 0 radical (unpaired) electrons. The number of rotatable bonds is 1. The fraction of sp³-hybridized carbons (Fsp3) is 0.400. The van der Waals surface area contributed by atoms with Crippen molar-refractivity contribution in [3.05, 3.63) is 18.9 Å². The maximum Gasteiger partial charge on any atom is 0.180 e. The summed E-state index contributed by atoms with van der Waals surface area (Å²) in [5.74, 6) is 0. The quantitative estimate of drug-likeness (QED) is 0.539. The first-order chi connectivity index (χ1) is 4.41. The lowest BCUT2D eigenvalue weighted by molar-refractivity contribution is 0.558. The van der Waals surface area contributed by atoms with E-state index >= 15 is 0 Å². The minimum Gasteiger partial charge on any atom is -0.452 e. The fourth-order valence-corrected chi connectivity index (χ4v) is 0.176. The lowest BCUT2D eigenvalue weighted by atomic mass is 10.7. The van der Waals surface area contributed by atoms with Crippen LogP contribution in [0.4, 0.5) is 0 Å². The molecule has 52 valence electrons. The van der Waals surface area contributed by atoms with E-state index < -0.39 is 0 Å². The van der Waals surface area contributed by atoms with Crippen LogP contribution >= 0.6 is 0 Å². The van der Waals surface area contributed by atoms with Crippen molar-refractivity contribution >= 4 is 0 Å². The van der Waals surface area contributed by atoms with E-state index in [-0.39, 0.29) is 0 Å². The molecule has 9 heavy (non-hydrogen) atoms. The van der Waals surface area contributed by atoms with Gasteiger partial charge >= 0.3 is 0 Å². The third-order valence-corrected chi connectivity index (χ3v) is 0.514. The maximum atomic E-state index is 4.90. The smallest absolute Gasteiger partial charge is 0.180 e. The zero-order valence-corrected chi connectivity index (χ0v) is 5.16. The highest BCUT2D eigenvalue weighted by atomic mass is 16.3. The minimum atomic E-state index is 0.597. The Morgan fingerprint density at radius 1 is 1.33 bits per heavy atom. The molecule has 1 rings (SSSR count). The lowest BCUT2D eigenvalue weighted by Crippen LogP contribution is -2.11. The predicted octanol–water partition coefficient (Wildman–Crippen LogP) is -0.422. The SMILES string of the molecule is NCCN.c1cocn1. The molecule has 0 atom stereocenters. The van der Waals surface area contributed by atoms with Gasteiger partial charge in [0.1, 0.15) is 6.26 Å². The summed E-state index contributed by atoms with van der Waals surface area (Å²) < 4.78 is 4.47. The number of oxazole rings is 1. The monoisotopic (exact) mass is 129 g/mol. The van der Waals surface area contributed by atoms with Crippen LogP contribution < -0.4 is 11.5 Å². The van der Waals surface area contributed by atoms with Gasteiger partial charge in [-0.15, -0.1) is 0 Å². The molecule has 1 aromatic heterocycles. The molecule has 0 unspecified atom stereocenters. The largest absolute Gasteiger partial charge is 0.452 e. The van der Waals surface area contributed by atoms with Gasteiger partial charge < -0.3 is 15.9 Å². The second-order valence-electron chi connectivity index (χ2n) is 1.25. The van der Waals surface area contributed by atoms with Gasteiger partial charge in [0.05, 0.1) is 6.20 Å². The molecule has 0 saturated heterocycles. The molecule has 0 amide bonds. The molecule has 0 aliphatic carbocycles. The van der Waals surface area contributed by atoms with Crippen molar-refractivity contribution in [1.29, 1.82) is 0 Å². The summed E-state index contributed by atoms with van der Waals surface area (Å²) in [7, 11) is 0. The highest BCUT2D eigenvalue weighted by molar-refractivity contribution is 4.56. The summed E-state index contributed by atoms with van der Waals surface area (Å²) in [6.07, 6.45) is 4.47. The van der Waals surface area contributed by atoms with Crippen molar-refractivity contribution in [3.63, 3.8) is 0 Å². The molecule has 0 saturated carbocycles.